The summed E-state index contributed by atoms with van der Waals surface area (Å²) in [5.41, 5.74) is 6.21. The molecule has 0 bridgehead atoms. The minimum Gasteiger partial charge on any atom is -0.495 e. The molecule has 2 heteroatoms. The Bertz CT molecular complexity index is 575. The lowest BCUT2D eigenvalue weighted by molar-refractivity contribution is 0.416. The van der Waals surface area contributed by atoms with Gasteiger partial charge in [0.15, 0.2) is 0 Å². The summed E-state index contributed by atoms with van der Waals surface area (Å²) in [5, 5.41) is 3.44. The fourth-order valence-electron chi connectivity index (χ4n) is 2.07. The van der Waals surface area contributed by atoms with Crippen molar-refractivity contribution in [2.45, 2.75) is 27.3 Å². The summed E-state index contributed by atoms with van der Waals surface area (Å²) in [7, 11) is 1.70. The molecule has 0 aliphatic carbocycles. The molecular formula is C17H21NO. The molecule has 2 aromatic carbocycles. The first-order chi connectivity index (χ1) is 9.10. The van der Waals surface area contributed by atoms with E-state index in [1.807, 2.05) is 6.07 Å². The van der Waals surface area contributed by atoms with Gasteiger partial charge in [-0.2, -0.15) is 0 Å². The van der Waals surface area contributed by atoms with E-state index in [2.05, 4.69) is 56.4 Å². The van der Waals surface area contributed by atoms with Crippen LogP contribution in [-0.2, 0) is 6.54 Å². The molecule has 100 valence electrons. The number of ether oxygens (including phenoxy) is 1. The van der Waals surface area contributed by atoms with Gasteiger partial charge in [-0.15, -0.1) is 0 Å². The number of benzene rings is 2. The number of nitrogens with one attached hydrogen (secondary N) is 1. The van der Waals surface area contributed by atoms with Crippen molar-refractivity contribution >= 4 is 5.69 Å². The van der Waals surface area contributed by atoms with Crippen LogP contribution >= 0.6 is 0 Å². The molecule has 0 aliphatic heterocycles. The lowest BCUT2D eigenvalue weighted by Crippen LogP contribution is -2.02. The molecule has 1 N–H and O–H groups in total. The second kappa shape index (κ2) is 5.79. The quantitative estimate of drug-likeness (QED) is 0.882. The fourth-order valence-corrected chi connectivity index (χ4v) is 2.07. The molecule has 0 atom stereocenters. The molecule has 2 nitrogen and oxygen atoms in total. The topological polar surface area (TPSA) is 21.3 Å². The highest BCUT2D eigenvalue weighted by molar-refractivity contribution is 5.58. The summed E-state index contributed by atoms with van der Waals surface area (Å²) >= 11 is 0. The largest absolute Gasteiger partial charge is 0.495 e. The Hall–Kier alpha value is -1.96. The molecule has 0 fully saturated rings. The third-order valence-electron chi connectivity index (χ3n) is 3.41. The van der Waals surface area contributed by atoms with Gasteiger partial charge in [-0.1, -0.05) is 24.3 Å². The van der Waals surface area contributed by atoms with Crippen LogP contribution < -0.4 is 10.1 Å². The maximum Gasteiger partial charge on any atom is 0.141 e. The summed E-state index contributed by atoms with van der Waals surface area (Å²) in [4.78, 5) is 0. The van der Waals surface area contributed by atoms with Crippen LogP contribution in [0, 0.1) is 20.8 Å². The van der Waals surface area contributed by atoms with Crippen molar-refractivity contribution in [1.82, 2.24) is 0 Å². The average molecular weight is 255 g/mol. The monoisotopic (exact) mass is 255 g/mol. The highest BCUT2D eigenvalue weighted by Gasteiger charge is 2.03. The van der Waals surface area contributed by atoms with Gasteiger partial charge in [0.1, 0.15) is 5.75 Å². The van der Waals surface area contributed by atoms with Gasteiger partial charge < -0.3 is 10.1 Å². The van der Waals surface area contributed by atoms with Crippen molar-refractivity contribution < 1.29 is 4.74 Å². The van der Waals surface area contributed by atoms with Crippen LogP contribution in [0.4, 0.5) is 5.69 Å². The number of rotatable bonds is 4. The van der Waals surface area contributed by atoms with Crippen molar-refractivity contribution in [1.29, 1.82) is 0 Å². The maximum absolute atomic E-state index is 5.37. The van der Waals surface area contributed by atoms with Crippen LogP contribution in [0.25, 0.3) is 0 Å². The van der Waals surface area contributed by atoms with Crippen LogP contribution in [0.5, 0.6) is 5.75 Å². The number of aryl methyl sites for hydroxylation is 3. The molecule has 0 unspecified atom stereocenters. The van der Waals surface area contributed by atoms with Crippen LogP contribution in [0.2, 0.25) is 0 Å². The van der Waals surface area contributed by atoms with E-state index >= 15 is 0 Å². The zero-order valence-electron chi connectivity index (χ0n) is 12.1. The second-order valence-electron chi connectivity index (χ2n) is 4.98. The van der Waals surface area contributed by atoms with E-state index in [1.54, 1.807) is 7.11 Å². The molecule has 0 saturated heterocycles. The summed E-state index contributed by atoms with van der Waals surface area (Å²) in [6, 6.07) is 12.7. The summed E-state index contributed by atoms with van der Waals surface area (Å²) in [6.07, 6.45) is 0. The maximum atomic E-state index is 5.37. The number of hydrogen-bond donors (Lipinski definition) is 1. The molecule has 0 saturated carbocycles. The molecule has 0 aliphatic rings. The SMILES string of the molecule is COc1ccc(C)cc1NCc1ccc(C)c(C)c1. The zero-order chi connectivity index (χ0) is 13.8. The van der Waals surface area contributed by atoms with Crippen LogP contribution in [0.1, 0.15) is 22.3 Å². The lowest BCUT2D eigenvalue weighted by atomic mass is 10.1. The van der Waals surface area contributed by atoms with Crippen LogP contribution in [0.3, 0.4) is 0 Å². The Balaban J connectivity index is 2.13. The van der Waals surface area contributed by atoms with E-state index < -0.39 is 0 Å². The predicted octanol–water partition coefficient (Wildman–Crippen LogP) is 4.23. The molecule has 0 amide bonds. The highest BCUT2D eigenvalue weighted by Crippen LogP contribution is 2.25. The molecule has 2 aromatic rings. The second-order valence-corrected chi connectivity index (χ2v) is 4.98. The first kappa shape index (κ1) is 13.5. The van der Waals surface area contributed by atoms with Crippen molar-refractivity contribution in [2.24, 2.45) is 0 Å². The first-order valence-corrected chi connectivity index (χ1v) is 6.55. The fraction of sp³-hybridized carbons (Fsp3) is 0.294. The lowest BCUT2D eigenvalue weighted by Gasteiger charge is -2.12. The third-order valence-corrected chi connectivity index (χ3v) is 3.41. The van der Waals surface area contributed by atoms with Gasteiger partial charge in [-0.3, -0.25) is 0 Å². The van der Waals surface area contributed by atoms with Crippen LogP contribution in [-0.4, -0.2) is 7.11 Å². The summed E-state index contributed by atoms with van der Waals surface area (Å²) < 4.78 is 5.37. The van der Waals surface area contributed by atoms with Crippen molar-refractivity contribution in [2.75, 3.05) is 12.4 Å². The molecule has 0 radical (unpaired) electrons. The zero-order valence-corrected chi connectivity index (χ0v) is 12.1. The summed E-state index contributed by atoms with van der Waals surface area (Å²) in [5.74, 6) is 0.884. The third kappa shape index (κ3) is 3.28. The van der Waals surface area contributed by atoms with Gasteiger partial charge in [-0.05, 0) is 55.2 Å². The van der Waals surface area contributed by atoms with E-state index in [0.717, 1.165) is 18.0 Å². The van der Waals surface area contributed by atoms with E-state index in [9.17, 15) is 0 Å². The molecule has 0 heterocycles. The van der Waals surface area contributed by atoms with Gasteiger partial charge in [-0.25, -0.2) is 0 Å². The molecule has 0 aromatic heterocycles. The van der Waals surface area contributed by atoms with Gasteiger partial charge in [0, 0.05) is 6.54 Å². The van der Waals surface area contributed by atoms with E-state index in [0.29, 0.717) is 0 Å². The summed E-state index contributed by atoms with van der Waals surface area (Å²) in [6.45, 7) is 7.17. The van der Waals surface area contributed by atoms with Crippen molar-refractivity contribution in [3.05, 3.63) is 58.7 Å². The number of methoxy groups -OCH3 is 1. The van der Waals surface area contributed by atoms with E-state index in [4.69, 9.17) is 4.74 Å². The normalized spacial score (nSPS) is 10.3. The Morgan fingerprint density at radius 3 is 2.42 bits per heavy atom. The van der Waals surface area contributed by atoms with Crippen LogP contribution in [0.15, 0.2) is 36.4 Å². The molecule has 0 spiro atoms. The smallest absolute Gasteiger partial charge is 0.141 e. The molecule has 2 rings (SSSR count). The van der Waals surface area contributed by atoms with Gasteiger partial charge in [0.25, 0.3) is 0 Å². The predicted molar refractivity (Wildman–Crippen MR) is 81.0 cm³/mol. The minimum atomic E-state index is 0.806. The number of hydrogen-bond acceptors (Lipinski definition) is 2. The Labute approximate surface area is 115 Å². The first-order valence-electron chi connectivity index (χ1n) is 6.55. The Morgan fingerprint density at radius 2 is 1.74 bits per heavy atom. The number of anilines is 1. The minimum absolute atomic E-state index is 0.806. The molecular weight excluding hydrogens is 234 g/mol. The van der Waals surface area contributed by atoms with Crippen molar-refractivity contribution in [3.63, 3.8) is 0 Å². The van der Waals surface area contributed by atoms with Gasteiger partial charge in [0.05, 0.1) is 12.8 Å². The highest BCUT2D eigenvalue weighted by atomic mass is 16.5. The Morgan fingerprint density at radius 1 is 0.947 bits per heavy atom. The standard InChI is InChI=1S/C17H21NO/c1-12-5-8-17(19-4)16(9-12)18-11-15-7-6-13(2)14(3)10-15/h5-10,18H,11H2,1-4H3. The van der Waals surface area contributed by atoms with Gasteiger partial charge in [0.2, 0.25) is 0 Å². The average Bonchev–Trinajstić information content (AvgIpc) is 2.40. The molecule has 19 heavy (non-hydrogen) atoms. The van der Waals surface area contributed by atoms with Gasteiger partial charge >= 0.3 is 0 Å². The Kier molecular flexibility index (Phi) is 4.10. The van der Waals surface area contributed by atoms with E-state index in [1.165, 1.54) is 22.3 Å². The van der Waals surface area contributed by atoms with Crippen molar-refractivity contribution in [3.8, 4) is 5.75 Å². The van der Waals surface area contributed by atoms with E-state index in [-0.39, 0.29) is 0 Å².